The molecular weight excluding hydrogens is 352 g/mol. The fourth-order valence-corrected chi connectivity index (χ4v) is 3.10. The standard InChI is InChI=1S/C18H22N4O5/c1-20-7-8-22(18(20)26)13-5-3-12(4-6-13)19-15-14(17(25)27-2)11-21(9-10-23)16(15)24/h3-6,19,23H,7-11H2,1-2H3. The van der Waals surface area contributed by atoms with Crippen molar-refractivity contribution in [2.24, 2.45) is 0 Å². The lowest BCUT2D eigenvalue weighted by atomic mass is 10.2. The van der Waals surface area contributed by atoms with E-state index in [1.807, 2.05) is 0 Å². The molecule has 1 saturated heterocycles. The first-order chi connectivity index (χ1) is 13.0. The lowest BCUT2D eigenvalue weighted by Crippen LogP contribution is -2.31. The molecule has 1 aromatic carbocycles. The van der Waals surface area contributed by atoms with E-state index in [2.05, 4.69) is 5.32 Å². The number of rotatable bonds is 6. The number of carbonyl (C=O) groups excluding carboxylic acids is 3. The number of nitrogens with zero attached hydrogens (tertiary/aromatic N) is 3. The molecular formula is C18H22N4O5. The Hall–Kier alpha value is -3.07. The summed E-state index contributed by atoms with van der Waals surface area (Å²) in [6.45, 7) is 1.31. The first kappa shape index (κ1) is 18.7. The number of β-amino-alcohol motifs (C(OH)–C–C–N with tert-alkyl or cyclic N) is 1. The van der Waals surface area contributed by atoms with E-state index < -0.39 is 5.97 Å². The first-order valence-electron chi connectivity index (χ1n) is 8.57. The van der Waals surface area contributed by atoms with E-state index in [1.54, 1.807) is 41.1 Å². The lowest BCUT2D eigenvalue weighted by molar-refractivity contribution is -0.136. The average molecular weight is 374 g/mol. The van der Waals surface area contributed by atoms with Gasteiger partial charge in [-0.3, -0.25) is 9.69 Å². The zero-order chi connectivity index (χ0) is 19.6. The number of nitrogens with one attached hydrogen (secondary N) is 1. The van der Waals surface area contributed by atoms with Gasteiger partial charge in [0.25, 0.3) is 5.91 Å². The van der Waals surface area contributed by atoms with Crippen molar-refractivity contribution in [3.8, 4) is 0 Å². The highest BCUT2D eigenvalue weighted by molar-refractivity contribution is 6.08. The van der Waals surface area contributed by atoms with Crippen LogP contribution in [0.1, 0.15) is 0 Å². The molecule has 9 heteroatoms. The van der Waals surface area contributed by atoms with Gasteiger partial charge in [-0.25, -0.2) is 9.59 Å². The van der Waals surface area contributed by atoms with E-state index in [1.165, 1.54) is 12.0 Å². The van der Waals surface area contributed by atoms with Gasteiger partial charge in [-0.1, -0.05) is 0 Å². The SMILES string of the molecule is COC(=O)C1=C(Nc2ccc(N3CCN(C)C3=O)cc2)C(=O)N(CCO)C1. The van der Waals surface area contributed by atoms with Crippen LogP contribution in [0.2, 0.25) is 0 Å². The highest BCUT2D eigenvalue weighted by Gasteiger charge is 2.34. The van der Waals surface area contributed by atoms with Gasteiger partial charge in [-0.15, -0.1) is 0 Å². The number of carbonyl (C=O) groups is 3. The lowest BCUT2D eigenvalue weighted by Gasteiger charge is -2.17. The maximum absolute atomic E-state index is 12.5. The second-order valence-corrected chi connectivity index (χ2v) is 6.32. The van der Waals surface area contributed by atoms with Crippen LogP contribution in [0.4, 0.5) is 16.2 Å². The topological polar surface area (TPSA) is 102 Å². The van der Waals surface area contributed by atoms with Crippen molar-refractivity contribution >= 4 is 29.3 Å². The molecule has 144 valence electrons. The zero-order valence-corrected chi connectivity index (χ0v) is 15.3. The molecule has 2 aliphatic heterocycles. The van der Waals surface area contributed by atoms with Crippen molar-refractivity contribution in [2.45, 2.75) is 0 Å². The number of aliphatic hydroxyl groups is 1. The second kappa shape index (κ2) is 7.67. The number of methoxy groups -OCH3 is 1. The summed E-state index contributed by atoms with van der Waals surface area (Å²) in [4.78, 5) is 41.3. The smallest absolute Gasteiger partial charge is 0.337 e. The number of amides is 3. The highest BCUT2D eigenvalue weighted by Crippen LogP contribution is 2.25. The number of hydrogen-bond acceptors (Lipinski definition) is 6. The number of anilines is 2. The third-order valence-electron chi connectivity index (χ3n) is 4.62. The van der Waals surface area contributed by atoms with Crippen LogP contribution in [0.3, 0.4) is 0 Å². The largest absolute Gasteiger partial charge is 0.466 e. The molecule has 0 aliphatic carbocycles. The first-order valence-corrected chi connectivity index (χ1v) is 8.57. The minimum absolute atomic E-state index is 0.0583. The minimum atomic E-state index is -0.589. The summed E-state index contributed by atoms with van der Waals surface area (Å²) >= 11 is 0. The second-order valence-electron chi connectivity index (χ2n) is 6.32. The Morgan fingerprint density at radius 3 is 2.48 bits per heavy atom. The molecule has 3 amide bonds. The maximum atomic E-state index is 12.5. The van der Waals surface area contributed by atoms with Crippen LogP contribution in [-0.4, -0.2) is 79.8 Å². The normalized spacial score (nSPS) is 17.2. The summed E-state index contributed by atoms with van der Waals surface area (Å²) in [5, 5.41) is 12.1. The van der Waals surface area contributed by atoms with Crippen molar-refractivity contribution < 1.29 is 24.2 Å². The van der Waals surface area contributed by atoms with Gasteiger partial charge in [0, 0.05) is 38.1 Å². The summed E-state index contributed by atoms with van der Waals surface area (Å²) in [7, 11) is 3.01. The van der Waals surface area contributed by atoms with Gasteiger partial charge in [0.2, 0.25) is 0 Å². The van der Waals surface area contributed by atoms with Gasteiger partial charge in [0.05, 0.1) is 25.8 Å². The van der Waals surface area contributed by atoms with Crippen LogP contribution in [-0.2, 0) is 14.3 Å². The molecule has 0 saturated carbocycles. The summed E-state index contributed by atoms with van der Waals surface area (Å²) in [5.41, 5.74) is 1.72. The maximum Gasteiger partial charge on any atom is 0.337 e. The van der Waals surface area contributed by atoms with Gasteiger partial charge < -0.3 is 25.0 Å². The fourth-order valence-electron chi connectivity index (χ4n) is 3.10. The molecule has 2 N–H and O–H groups in total. The Bertz CT molecular complexity index is 789. The molecule has 0 aromatic heterocycles. The predicted molar refractivity (Wildman–Crippen MR) is 98.1 cm³/mol. The fraction of sp³-hybridized carbons (Fsp3) is 0.389. The van der Waals surface area contributed by atoms with Gasteiger partial charge >= 0.3 is 12.0 Å². The molecule has 3 rings (SSSR count). The molecule has 0 unspecified atom stereocenters. The molecule has 0 radical (unpaired) electrons. The van der Waals surface area contributed by atoms with Crippen molar-refractivity contribution in [2.75, 3.05) is 57.2 Å². The predicted octanol–water partition coefficient (Wildman–Crippen LogP) is 0.232. The molecule has 1 aromatic rings. The van der Waals surface area contributed by atoms with Crippen LogP contribution in [0.15, 0.2) is 35.5 Å². The van der Waals surface area contributed by atoms with Crippen LogP contribution < -0.4 is 10.2 Å². The molecule has 2 aliphatic rings. The van der Waals surface area contributed by atoms with Crippen LogP contribution >= 0.6 is 0 Å². The van der Waals surface area contributed by atoms with Crippen molar-refractivity contribution in [1.82, 2.24) is 9.80 Å². The summed E-state index contributed by atoms with van der Waals surface area (Å²) < 4.78 is 4.76. The summed E-state index contributed by atoms with van der Waals surface area (Å²) in [6, 6.07) is 6.98. The third-order valence-corrected chi connectivity index (χ3v) is 4.62. The molecule has 9 nitrogen and oxygen atoms in total. The van der Waals surface area contributed by atoms with Crippen molar-refractivity contribution in [3.05, 3.63) is 35.5 Å². The number of hydrogen-bond donors (Lipinski definition) is 2. The number of aliphatic hydroxyl groups excluding tert-OH is 1. The summed E-state index contributed by atoms with van der Waals surface area (Å²) in [6.07, 6.45) is 0. The van der Waals surface area contributed by atoms with E-state index in [9.17, 15) is 14.4 Å². The van der Waals surface area contributed by atoms with E-state index in [0.717, 1.165) is 5.69 Å². The van der Waals surface area contributed by atoms with Crippen molar-refractivity contribution in [3.63, 3.8) is 0 Å². The van der Waals surface area contributed by atoms with E-state index >= 15 is 0 Å². The van der Waals surface area contributed by atoms with Crippen LogP contribution in [0, 0.1) is 0 Å². The van der Waals surface area contributed by atoms with Gasteiger partial charge in [-0.2, -0.15) is 0 Å². The molecule has 0 atom stereocenters. The number of likely N-dealkylation sites (N-methyl/N-ethyl adjacent to an activating group) is 1. The Balaban J connectivity index is 1.79. The molecule has 1 fully saturated rings. The van der Waals surface area contributed by atoms with Gasteiger partial charge in [0.1, 0.15) is 5.70 Å². The third kappa shape index (κ3) is 3.59. The number of esters is 1. The van der Waals surface area contributed by atoms with Crippen LogP contribution in [0.25, 0.3) is 0 Å². The van der Waals surface area contributed by atoms with E-state index in [-0.39, 0.29) is 42.9 Å². The molecule has 27 heavy (non-hydrogen) atoms. The number of ether oxygens (including phenoxy) is 1. The van der Waals surface area contributed by atoms with Crippen LogP contribution in [0.5, 0.6) is 0 Å². The van der Waals surface area contributed by atoms with E-state index in [0.29, 0.717) is 18.8 Å². The average Bonchev–Trinajstić information content (AvgIpc) is 3.16. The van der Waals surface area contributed by atoms with E-state index in [4.69, 9.17) is 9.84 Å². The van der Waals surface area contributed by atoms with Gasteiger partial charge in [-0.05, 0) is 24.3 Å². The number of benzene rings is 1. The van der Waals surface area contributed by atoms with Crippen molar-refractivity contribution in [1.29, 1.82) is 0 Å². The highest BCUT2D eigenvalue weighted by atomic mass is 16.5. The minimum Gasteiger partial charge on any atom is -0.466 e. The monoisotopic (exact) mass is 374 g/mol. The Morgan fingerprint density at radius 2 is 1.93 bits per heavy atom. The molecule has 0 bridgehead atoms. The summed E-state index contributed by atoms with van der Waals surface area (Å²) in [5.74, 6) is -0.960. The molecule has 2 heterocycles. The quantitative estimate of drug-likeness (QED) is 0.691. The Morgan fingerprint density at radius 1 is 1.22 bits per heavy atom. The van der Waals surface area contributed by atoms with Gasteiger partial charge in [0.15, 0.2) is 0 Å². The number of urea groups is 1. The zero-order valence-electron chi connectivity index (χ0n) is 15.3. The molecule has 0 spiro atoms. The Kier molecular flexibility index (Phi) is 5.31. The Labute approximate surface area is 156 Å².